The first kappa shape index (κ1) is 15.0. The molecule has 1 rings (SSSR count). The Kier molecular flexibility index (Phi) is 7.92. The van der Waals surface area contributed by atoms with Gasteiger partial charge in [-0.3, -0.25) is 0 Å². The maximum Gasteiger partial charge on any atom is 0.0353 e. The molecule has 0 saturated heterocycles. The molecule has 0 aromatic heterocycles. The monoisotopic (exact) mass is 238 g/mol. The number of rotatable bonds is 10. The zero-order valence-electron chi connectivity index (χ0n) is 12.1. The highest BCUT2D eigenvalue weighted by Gasteiger charge is 2.32. The topological polar surface area (TPSA) is 14.1 Å². The van der Waals surface area contributed by atoms with Crippen molar-refractivity contribution in [3.8, 4) is 0 Å². The number of hydrogen-bond donors (Lipinski definition) is 0. The molecule has 1 nitrogen and oxygen atoms in total. The van der Waals surface area contributed by atoms with E-state index in [1.807, 2.05) is 7.05 Å². The summed E-state index contributed by atoms with van der Waals surface area (Å²) in [5.74, 6) is 0. The Morgan fingerprint density at radius 2 is 1.35 bits per heavy atom. The van der Waals surface area contributed by atoms with E-state index in [2.05, 4.69) is 12.2 Å². The smallest absolute Gasteiger partial charge is 0.0353 e. The highest BCUT2D eigenvalue weighted by molar-refractivity contribution is 4.90. The minimum atomic E-state index is 0.405. The van der Waals surface area contributed by atoms with E-state index in [9.17, 15) is 0 Å². The standard InChI is InChI=1S/C16H32N/c1-3-4-5-6-7-8-9-10-13-16(17-2)14-11-12-15-16/h3-15H2,1-2H3. The van der Waals surface area contributed by atoms with Crippen molar-refractivity contribution < 1.29 is 0 Å². The number of nitrogens with zero attached hydrogens (tertiary/aromatic N) is 1. The molecule has 1 saturated carbocycles. The van der Waals surface area contributed by atoms with Gasteiger partial charge in [0.2, 0.25) is 0 Å². The maximum absolute atomic E-state index is 4.68. The second-order valence-corrected chi connectivity index (χ2v) is 5.88. The van der Waals surface area contributed by atoms with E-state index in [1.165, 1.54) is 83.5 Å². The van der Waals surface area contributed by atoms with Gasteiger partial charge in [0.15, 0.2) is 0 Å². The van der Waals surface area contributed by atoms with Crippen LogP contribution in [-0.4, -0.2) is 12.6 Å². The summed E-state index contributed by atoms with van der Waals surface area (Å²) in [5.41, 5.74) is 0.405. The van der Waals surface area contributed by atoms with E-state index in [1.54, 1.807) is 0 Å². The van der Waals surface area contributed by atoms with Crippen molar-refractivity contribution in [2.45, 2.75) is 95.9 Å². The predicted molar refractivity (Wildman–Crippen MR) is 76.5 cm³/mol. The summed E-state index contributed by atoms with van der Waals surface area (Å²) in [7, 11) is 2.04. The van der Waals surface area contributed by atoms with Crippen LogP contribution in [0.4, 0.5) is 0 Å². The van der Waals surface area contributed by atoms with Crippen molar-refractivity contribution in [2.75, 3.05) is 7.05 Å². The van der Waals surface area contributed by atoms with Crippen LogP contribution in [0.5, 0.6) is 0 Å². The van der Waals surface area contributed by atoms with Crippen molar-refractivity contribution in [1.82, 2.24) is 5.32 Å². The third-order valence-electron chi connectivity index (χ3n) is 4.50. The van der Waals surface area contributed by atoms with Gasteiger partial charge >= 0.3 is 0 Å². The maximum atomic E-state index is 4.68. The summed E-state index contributed by atoms with van der Waals surface area (Å²) in [4.78, 5) is 0. The van der Waals surface area contributed by atoms with Crippen LogP contribution in [0, 0.1) is 0 Å². The van der Waals surface area contributed by atoms with Gasteiger partial charge in [-0.05, 0) is 19.3 Å². The predicted octanol–water partition coefficient (Wildman–Crippen LogP) is 5.06. The zero-order valence-corrected chi connectivity index (χ0v) is 12.1. The summed E-state index contributed by atoms with van der Waals surface area (Å²) < 4.78 is 0. The van der Waals surface area contributed by atoms with E-state index < -0.39 is 0 Å². The van der Waals surface area contributed by atoms with Gasteiger partial charge in [-0.1, -0.05) is 71.1 Å². The molecule has 17 heavy (non-hydrogen) atoms. The Morgan fingerprint density at radius 3 is 1.88 bits per heavy atom. The summed E-state index contributed by atoms with van der Waals surface area (Å²) >= 11 is 0. The van der Waals surface area contributed by atoms with E-state index in [0.29, 0.717) is 5.54 Å². The molecule has 0 amide bonds. The Bertz CT molecular complexity index is 170. The fraction of sp³-hybridized carbons (Fsp3) is 1.00. The molecule has 1 heteroatoms. The highest BCUT2D eigenvalue weighted by Crippen LogP contribution is 2.34. The molecule has 0 atom stereocenters. The fourth-order valence-corrected chi connectivity index (χ4v) is 3.21. The average Bonchev–Trinajstić information content (AvgIpc) is 2.82. The Morgan fingerprint density at radius 1 is 0.824 bits per heavy atom. The molecule has 0 spiro atoms. The molecule has 1 fully saturated rings. The molecule has 0 unspecified atom stereocenters. The summed E-state index contributed by atoms with van der Waals surface area (Å²) in [6.07, 6.45) is 18.3. The average molecular weight is 238 g/mol. The minimum absolute atomic E-state index is 0.405. The van der Waals surface area contributed by atoms with Crippen molar-refractivity contribution >= 4 is 0 Å². The largest absolute Gasteiger partial charge is 0.238 e. The quantitative estimate of drug-likeness (QED) is 0.472. The first-order chi connectivity index (χ1) is 8.33. The van der Waals surface area contributed by atoms with Crippen molar-refractivity contribution in [3.63, 3.8) is 0 Å². The third kappa shape index (κ3) is 5.90. The molecular weight excluding hydrogens is 206 g/mol. The van der Waals surface area contributed by atoms with Crippen LogP contribution >= 0.6 is 0 Å². The molecule has 1 aliphatic rings. The summed E-state index contributed by atoms with van der Waals surface area (Å²) in [6, 6.07) is 0. The summed E-state index contributed by atoms with van der Waals surface area (Å²) in [5, 5.41) is 4.68. The van der Waals surface area contributed by atoms with Crippen LogP contribution in [0.25, 0.3) is 0 Å². The van der Waals surface area contributed by atoms with Gasteiger partial charge in [-0.15, -0.1) is 0 Å². The lowest BCUT2D eigenvalue weighted by atomic mass is 9.90. The first-order valence-corrected chi connectivity index (χ1v) is 7.94. The Balaban J connectivity index is 1.92. The van der Waals surface area contributed by atoms with Crippen LogP contribution in [0.3, 0.4) is 0 Å². The van der Waals surface area contributed by atoms with Gasteiger partial charge in [0.25, 0.3) is 0 Å². The van der Waals surface area contributed by atoms with E-state index in [0.717, 1.165) is 0 Å². The van der Waals surface area contributed by atoms with Crippen molar-refractivity contribution in [1.29, 1.82) is 0 Å². The SMILES string of the molecule is CCCCCCCCCCC1([N]C)CCCC1. The molecule has 0 heterocycles. The molecule has 101 valence electrons. The van der Waals surface area contributed by atoms with Gasteiger partial charge in [0.1, 0.15) is 0 Å². The van der Waals surface area contributed by atoms with E-state index in [-0.39, 0.29) is 0 Å². The van der Waals surface area contributed by atoms with Gasteiger partial charge < -0.3 is 0 Å². The van der Waals surface area contributed by atoms with Gasteiger partial charge in [-0.25, -0.2) is 5.32 Å². The Hall–Kier alpha value is -0.0400. The van der Waals surface area contributed by atoms with Crippen LogP contribution in [0.1, 0.15) is 90.4 Å². The lowest BCUT2D eigenvalue weighted by Crippen LogP contribution is -2.34. The normalized spacial score (nSPS) is 18.7. The van der Waals surface area contributed by atoms with Crippen LogP contribution < -0.4 is 5.32 Å². The van der Waals surface area contributed by atoms with Crippen LogP contribution in [0.2, 0.25) is 0 Å². The molecule has 0 bridgehead atoms. The van der Waals surface area contributed by atoms with Gasteiger partial charge in [-0.2, -0.15) is 0 Å². The second-order valence-electron chi connectivity index (χ2n) is 5.88. The van der Waals surface area contributed by atoms with E-state index >= 15 is 0 Å². The lowest BCUT2D eigenvalue weighted by molar-refractivity contribution is 0.313. The van der Waals surface area contributed by atoms with Crippen molar-refractivity contribution in [2.24, 2.45) is 0 Å². The van der Waals surface area contributed by atoms with Crippen LogP contribution in [0.15, 0.2) is 0 Å². The highest BCUT2D eigenvalue weighted by atomic mass is 14.9. The Labute approximate surface area is 109 Å². The molecular formula is C16H32N. The molecule has 0 aromatic carbocycles. The van der Waals surface area contributed by atoms with Gasteiger partial charge in [0, 0.05) is 12.6 Å². The van der Waals surface area contributed by atoms with Crippen LogP contribution in [-0.2, 0) is 0 Å². The fourth-order valence-electron chi connectivity index (χ4n) is 3.21. The molecule has 1 radical (unpaired) electrons. The molecule has 0 aliphatic heterocycles. The number of hydrogen-bond acceptors (Lipinski definition) is 0. The first-order valence-electron chi connectivity index (χ1n) is 7.94. The minimum Gasteiger partial charge on any atom is -0.238 e. The lowest BCUT2D eigenvalue weighted by Gasteiger charge is -2.26. The summed E-state index contributed by atoms with van der Waals surface area (Å²) in [6.45, 7) is 2.29. The second kappa shape index (κ2) is 8.97. The van der Waals surface area contributed by atoms with Crippen molar-refractivity contribution in [3.05, 3.63) is 0 Å². The number of unbranched alkanes of at least 4 members (excludes halogenated alkanes) is 7. The van der Waals surface area contributed by atoms with E-state index in [4.69, 9.17) is 0 Å². The zero-order chi connectivity index (χ0) is 12.4. The third-order valence-corrected chi connectivity index (χ3v) is 4.50. The molecule has 0 aromatic rings. The van der Waals surface area contributed by atoms with Gasteiger partial charge in [0.05, 0.1) is 0 Å². The molecule has 0 N–H and O–H groups in total. The molecule has 1 aliphatic carbocycles.